The van der Waals surface area contributed by atoms with Crippen molar-refractivity contribution >= 4 is 42.3 Å². The van der Waals surface area contributed by atoms with Crippen LogP contribution in [-0.4, -0.2) is 15.0 Å². The van der Waals surface area contributed by atoms with Crippen LogP contribution in [0.15, 0.2) is 164 Å². The third-order valence-corrected chi connectivity index (χ3v) is 9.83. The highest BCUT2D eigenvalue weighted by Crippen LogP contribution is 2.44. The van der Waals surface area contributed by atoms with Gasteiger partial charge in [0.15, 0.2) is 17.5 Å². The van der Waals surface area contributed by atoms with E-state index in [1.165, 1.54) is 53.2 Å². The Kier molecular flexibility index (Phi) is 6.65. The summed E-state index contributed by atoms with van der Waals surface area (Å²) in [7, 11) is 0. The summed E-state index contributed by atoms with van der Waals surface area (Å²) in [6.45, 7) is 0. The Balaban J connectivity index is 1.23. The third kappa shape index (κ3) is 4.96. The first kappa shape index (κ1) is 27.3. The average molecular weight is 618 g/mol. The molecule has 0 atom stereocenters. The van der Waals surface area contributed by atoms with Gasteiger partial charge in [-0.2, -0.15) is 0 Å². The summed E-state index contributed by atoms with van der Waals surface area (Å²) in [5, 5.41) is 4.98. The molecule has 0 aliphatic rings. The second-order valence-electron chi connectivity index (χ2n) is 11.6. The largest absolute Gasteiger partial charge is 0.208 e. The van der Waals surface area contributed by atoms with E-state index in [1.54, 1.807) is 0 Å². The van der Waals surface area contributed by atoms with Crippen molar-refractivity contribution < 1.29 is 0 Å². The maximum absolute atomic E-state index is 5.00. The van der Waals surface area contributed by atoms with Gasteiger partial charge in [0.2, 0.25) is 0 Å². The van der Waals surface area contributed by atoms with Crippen molar-refractivity contribution in [1.82, 2.24) is 15.0 Å². The van der Waals surface area contributed by atoms with Gasteiger partial charge in [-0.05, 0) is 63.4 Å². The summed E-state index contributed by atoms with van der Waals surface area (Å²) in [4.78, 5) is 14.9. The van der Waals surface area contributed by atoms with E-state index >= 15 is 0 Å². The van der Waals surface area contributed by atoms with E-state index in [2.05, 4.69) is 103 Å². The number of hydrogen-bond acceptors (Lipinski definition) is 4. The molecule has 0 radical (unpaired) electrons. The van der Waals surface area contributed by atoms with Gasteiger partial charge in [0, 0.05) is 36.9 Å². The molecule has 9 rings (SSSR count). The number of aromatic nitrogens is 3. The van der Waals surface area contributed by atoms with Gasteiger partial charge in [-0.25, -0.2) is 15.0 Å². The quantitative estimate of drug-likeness (QED) is 0.193. The van der Waals surface area contributed by atoms with Gasteiger partial charge in [0.1, 0.15) is 0 Å². The summed E-state index contributed by atoms with van der Waals surface area (Å²) in [6.07, 6.45) is 0. The van der Waals surface area contributed by atoms with Crippen LogP contribution >= 0.6 is 11.3 Å². The zero-order valence-electron chi connectivity index (χ0n) is 25.3. The highest BCUT2D eigenvalue weighted by atomic mass is 32.1. The molecule has 0 aliphatic heterocycles. The van der Waals surface area contributed by atoms with Gasteiger partial charge >= 0.3 is 0 Å². The molecule has 0 unspecified atom stereocenters. The van der Waals surface area contributed by atoms with Gasteiger partial charge in [-0.1, -0.05) is 133 Å². The lowest BCUT2D eigenvalue weighted by Crippen LogP contribution is -2.00. The van der Waals surface area contributed by atoms with Crippen LogP contribution < -0.4 is 0 Å². The van der Waals surface area contributed by atoms with Crippen molar-refractivity contribution in [2.24, 2.45) is 0 Å². The zero-order valence-corrected chi connectivity index (χ0v) is 26.2. The molecular formula is C43H27N3S. The first-order valence-electron chi connectivity index (χ1n) is 15.7. The van der Waals surface area contributed by atoms with Crippen molar-refractivity contribution in [1.29, 1.82) is 0 Å². The van der Waals surface area contributed by atoms with Gasteiger partial charge < -0.3 is 0 Å². The van der Waals surface area contributed by atoms with Crippen LogP contribution in [0.4, 0.5) is 0 Å². The highest BCUT2D eigenvalue weighted by molar-refractivity contribution is 7.26. The van der Waals surface area contributed by atoms with E-state index in [0.29, 0.717) is 17.5 Å². The molecule has 0 amide bonds. The molecule has 2 aromatic heterocycles. The molecule has 0 N–H and O–H groups in total. The van der Waals surface area contributed by atoms with Crippen LogP contribution in [0.3, 0.4) is 0 Å². The number of fused-ring (bicyclic) bond motifs is 5. The number of thiophene rings is 1. The molecule has 2 heterocycles. The maximum atomic E-state index is 5.00. The number of hydrogen-bond donors (Lipinski definition) is 0. The lowest BCUT2D eigenvalue weighted by molar-refractivity contribution is 1.07. The van der Waals surface area contributed by atoms with Crippen LogP contribution in [-0.2, 0) is 0 Å². The van der Waals surface area contributed by atoms with E-state index in [1.807, 2.05) is 72.0 Å². The molecule has 0 aliphatic carbocycles. The van der Waals surface area contributed by atoms with E-state index < -0.39 is 0 Å². The van der Waals surface area contributed by atoms with Crippen LogP contribution in [0.25, 0.3) is 87.4 Å². The number of nitrogens with zero attached hydrogens (tertiary/aromatic N) is 3. The molecule has 0 saturated carbocycles. The molecule has 0 bridgehead atoms. The molecule has 47 heavy (non-hydrogen) atoms. The Labute approximate surface area is 276 Å². The molecule has 0 spiro atoms. The van der Waals surface area contributed by atoms with Crippen molar-refractivity contribution in [2.45, 2.75) is 0 Å². The molecule has 220 valence electrons. The molecule has 9 aromatic rings. The van der Waals surface area contributed by atoms with E-state index in [9.17, 15) is 0 Å². The second-order valence-corrected chi connectivity index (χ2v) is 12.7. The molecular weight excluding hydrogens is 591 g/mol. The average Bonchev–Trinajstić information content (AvgIpc) is 3.53. The van der Waals surface area contributed by atoms with Gasteiger partial charge in [-0.15, -0.1) is 11.3 Å². The monoisotopic (exact) mass is 617 g/mol. The van der Waals surface area contributed by atoms with Crippen molar-refractivity contribution in [2.75, 3.05) is 0 Å². The smallest absolute Gasteiger partial charge is 0.164 e. The van der Waals surface area contributed by atoms with Crippen molar-refractivity contribution in [3.8, 4) is 56.4 Å². The second kappa shape index (κ2) is 11.4. The molecule has 3 nitrogen and oxygen atoms in total. The zero-order chi connectivity index (χ0) is 31.2. The standard InChI is InChI=1S/C43H27N3S/c1-4-13-28(14-5-1)31-19-12-20-32(25-31)36-27-39-40(35-22-11-10-21-34(35)36)37-26-33(23-24-38(37)47-39)43-45-41(29-15-6-2-7-16-29)44-42(46-43)30-17-8-3-9-18-30/h1-27H. The Hall–Kier alpha value is -5.97. The van der Waals surface area contributed by atoms with E-state index in [0.717, 1.165) is 16.7 Å². The van der Waals surface area contributed by atoms with Gasteiger partial charge in [-0.3, -0.25) is 0 Å². The van der Waals surface area contributed by atoms with E-state index in [4.69, 9.17) is 15.0 Å². The third-order valence-electron chi connectivity index (χ3n) is 8.72. The normalized spacial score (nSPS) is 11.4. The van der Waals surface area contributed by atoms with E-state index in [-0.39, 0.29) is 0 Å². The fourth-order valence-electron chi connectivity index (χ4n) is 6.45. The minimum absolute atomic E-state index is 0.664. The Morgan fingerprint density at radius 1 is 0.319 bits per heavy atom. The Morgan fingerprint density at radius 2 is 0.851 bits per heavy atom. The minimum Gasteiger partial charge on any atom is -0.208 e. The molecule has 4 heteroatoms. The van der Waals surface area contributed by atoms with Crippen LogP contribution in [0.1, 0.15) is 0 Å². The first-order chi connectivity index (χ1) is 23.3. The minimum atomic E-state index is 0.664. The van der Waals surface area contributed by atoms with Crippen molar-refractivity contribution in [3.05, 3.63) is 164 Å². The summed E-state index contributed by atoms with van der Waals surface area (Å²) >= 11 is 1.84. The van der Waals surface area contributed by atoms with Gasteiger partial charge in [0.05, 0.1) is 0 Å². The lowest BCUT2D eigenvalue weighted by Gasteiger charge is -2.11. The fraction of sp³-hybridized carbons (Fsp3) is 0. The van der Waals surface area contributed by atoms with Crippen LogP contribution in [0, 0.1) is 0 Å². The van der Waals surface area contributed by atoms with Crippen LogP contribution in [0.5, 0.6) is 0 Å². The van der Waals surface area contributed by atoms with Crippen LogP contribution in [0.2, 0.25) is 0 Å². The molecule has 0 fully saturated rings. The Bertz CT molecular complexity index is 2500. The predicted octanol–water partition coefficient (Wildman–Crippen LogP) is 11.7. The lowest BCUT2D eigenvalue weighted by atomic mass is 9.93. The summed E-state index contributed by atoms with van der Waals surface area (Å²) in [5.41, 5.74) is 7.80. The summed E-state index contributed by atoms with van der Waals surface area (Å²) < 4.78 is 2.51. The topological polar surface area (TPSA) is 38.7 Å². The first-order valence-corrected chi connectivity index (χ1v) is 16.5. The highest BCUT2D eigenvalue weighted by Gasteiger charge is 2.17. The molecule has 7 aromatic carbocycles. The summed E-state index contributed by atoms with van der Waals surface area (Å²) in [6, 6.07) is 57.5. The Morgan fingerprint density at radius 3 is 1.51 bits per heavy atom. The maximum Gasteiger partial charge on any atom is 0.164 e. The fourth-order valence-corrected chi connectivity index (χ4v) is 7.60. The molecule has 0 saturated heterocycles. The van der Waals surface area contributed by atoms with Crippen molar-refractivity contribution in [3.63, 3.8) is 0 Å². The summed E-state index contributed by atoms with van der Waals surface area (Å²) in [5.74, 6) is 1.99. The SMILES string of the molecule is c1ccc(-c2cccc(-c3cc4sc5ccc(-c6nc(-c7ccccc7)nc(-c7ccccc7)n6)cc5c4c4ccccc34)c2)cc1. The predicted molar refractivity (Wildman–Crippen MR) is 197 cm³/mol. The number of benzene rings is 7. The number of rotatable bonds is 5. The van der Waals surface area contributed by atoms with Gasteiger partial charge in [0.25, 0.3) is 0 Å².